The molecule has 0 rings (SSSR count). The van der Waals surface area contributed by atoms with Gasteiger partial charge in [0.2, 0.25) is 0 Å². The maximum Gasteiger partial charge on any atom is -0.0188 e. The number of allylic oxidation sites excluding steroid dienone is 9. The predicted molar refractivity (Wildman–Crippen MR) is 66.3 cm³/mol. The highest BCUT2D eigenvalue weighted by atomic mass is 14.0. The van der Waals surface area contributed by atoms with E-state index in [9.17, 15) is 0 Å². The predicted octanol–water partition coefficient (Wildman–Crippen LogP) is 4.59. The lowest BCUT2D eigenvalue weighted by molar-refractivity contribution is 1.31. The summed E-state index contributed by atoms with van der Waals surface area (Å²) in [6.07, 6.45) is 12.2. The number of hydrogen-bond acceptors (Lipinski definition) is 0. The molecule has 0 saturated heterocycles. The summed E-state index contributed by atoms with van der Waals surface area (Å²) in [7, 11) is 0. The molecule has 0 aliphatic heterocycles. The van der Waals surface area contributed by atoms with Gasteiger partial charge in [0.1, 0.15) is 0 Å². The third-order valence-electron chi connectivity index (χ3n) is 1.83. The summed E-state index contributed by atoms with van der Waals surface area (Å²) in [4.78, 5) is 0. The largest absolute Gasteiger partial charge is 0.0990 e. The highest BCUT2D eigenvalue weighted by Crippen LogP contribution is 2.17. The van der Waals surface area contributed by atoms with E-state index >= 15 is 0 Å². The van der Waals surface area contributed by atoms with E-state index in [2.05, 4.69) is 38.7 Å². The molecule has 14 heavy (non-hydrogen) atoms. The van der Waals surface area contributed by atoms with E-state index in [1.165, 1.54) is 16.7 Å². The van der Waals surface area contributed by atoms with Crippen LogP contribution in [0.25, 0.3) is 0 Å². The monoisotopic (exact) mass is 188 g/mol. The third kappa shape index (κ3) is 4.08. The van der Waals surface area contributed by atoms with Gasteiger partial charge in [-0.3, -0.25) is 0 Å². The summed E-state index contributed by atoms with van der Waals surface area (Å²) < 4.78 is 0. The first kappa shape index (κ1) is 12.7. The van der Waals surface area contributed by atoms with Crippen LogP contribution in [0.5, 0.6) is 0 Å². The number of hydrogen-bond donors (Lipinski definition) is 0. The molecule has 0 aliphatic rings. The van der Waals surface area contributed by atoms with Crippen molar-refractivity contribution in [1.29, 1.82) is 0 Å². The summed E-state index contributed by atoms with van der Waals surface area (Å²) in [6, 6.07) is 0. The Morgan fingerprint density at radius 1 is 1.00 bits per heavy atom. The lowest BCUT2D eigenvalue weighted by Crippen LogP contribution is -1.86. The summed E-state index contributed by atoms with van der Waals surface area (Å²) >= 11 is 0. The van der Waals surface area contributed by atoms with Gasteiger partial charge in [0.15, 0.2) is 0 Å². The van der Waals surface area contributed by atoms with E-state index in [1.54, 1.807) is 0 Å². The molecule has 0 radical (unpaired) electrons. The van der Waals surface area contributed by atoms with Gasteiger partial charge in [-0.25, -0.2) is 0 Å². The van der Waals surface area contributed by atoms with Crippen LogP contribution in [0.2, 0.25) is 0 Å². The molecule has 0 aromatic carbocycles. The zero-order chi connectivity index (χ0) is 11.0. The van der Waals surface area contributed by atoms with Crippen molar-refractivity contribution in [3.05, 3.63) is 59.8 Å². The smallest absolute Gasteiger partial charge is 0.0188 e. The number of rotatable bonds is 4. The molecule has 0 amide bonds. The average Bonchev–Trinajstić information content (AvgIpc) is 2.13. The van der Waals surface area contributed by atoms with E-state index in [1.807, 2.05) is 32.1 Å². The molecule has 0 atom stereocenters. The van der Waals surface area contributed by atoms with E-state index in [4.69, 9.17) is 0 Å². The van der Waals surface area contributed by atoms with Gasteiger partial charge in [-0.2, -0.15) is 0 Å². The molecule has 0 bridgehead atoms. The van der Waals surface area contributed by atoms with Crippen LogP contribution in [0.15, 0.2) is 59.8 Å². The van der Waals surface area contributed by atoms with Crippen LogP contribution in [0.4, 0.5) is 0 Å². The van der Waals surface area contributed by atoms with Gasteiger partial charge >= 0.3 is 0 Å². The molecule has 0 saturated carbocycles. The van der Waals surface area contributed by atoms with Gasteiger partial charge in [-0.05, 0) is 38.8 Å². The quantitative estimate of drug-likeness (QED) is 0.566. The Hall–Kier alpha value is -1.30. The van der Waals surface area contributed by atoms with Gasteiger partial charge in [0, 0.05) is 0 Å². The molecule has 0 N–H and O–H groups in total. The molecular formula is C14H20. The minimum absolute atomic E-state index is 1.21. The maximum absolute atomic E-state index is 3.73. The molecule has 0 nitrogen and oxygen atoms in total. The van der Waals surface area contributed by atoms with E-state index in [-0.39, 0.29) is 0 Å². The fourth-order valence-corrected chi connectivity index (χ4v) is 1.26. The molecule has 0 spiro atoms. The van der Waals surface area contributed by atoms with Gasteiger partial charge in [0.25, 0.3) is 0 Å². The van der Waals surface area contributed by atoms with Gasteiger partial charge in [0.05, 0.1) is 0 Å². The molecule has 76 valence electrons. The highest BCUT2D eigenvalue weighted by molar-refractivity contribution is 5.49. The van der Waals surface area contributed by atoms with Crippen molar-refractivity contribution in [2.45, 2.75) is 27.7 Å². The van der Waals surface area contributed by atoms with Crippen LogP contribution in [-0.2, 0) is 0 Å². The summed E-state index contributed by atoms with van der Waals surface area (Å²) in [5.74, 6) is 0. The summed E-state index contributed by atoms with van der Waals surface area (Å²) in [5, 5.41) is 0. The molecule has 0 heterocycles. The zero-order valence-corrected chi connectivity index (χ0v) is 9.67. The Bertz CT molecular complexity index is 292. The highest BCUT2D eigenvalue weighted by Gasteiger charge is 1.98. The van der Waals surface area contributed by atoms with Crippen molar-refractivity contribution in [3.63, 3.8) is 0 Å². The normalized spacial score (nSPS) is 12.4. The van der Waals surface area contributed by atoms with E-state index in [0.717, 1.165) is 0 Å². The Morgan fingerprint density at radius 3 is 1.93 bits per heavy atom. The van der Waals surface area contributed by atoms with Crippen LogP contribution >= 0.6 is 0 Å². The second-order valence-electron chi connectivity index (χ2n) is 3.27. The molecular weight excluding hydrogens is 168 g/mol. The Morgan fingerprint density at radius 2 is 1.57 bits per heavy atom. The molecule has 0 fully saturated rings. The first-order valence-corrected chi connectivity index (χ1v) is 4.93. The Kier molecular flexibility index (Phi) is 6.47. The Balaban J connectivity index is 5.26. The van der Waals surface area contributed by atoms with Crippen molar-refractivity contribution in [2.75, 3.05) is 0 Å². The summed E-state index contributed by atoms with van der Waals surface area (Å²) in [6.45, 7) is 12.0. The van der Waals surface area contributed by atoms with Crippen LogP contribution in [0, 0.1) is 0 Å². The molecule has 0 heteroatoms. The van der Waals surface area contributed by atoms with Gasteiger partial charge in [-0.15, -0.1) is 0 Å². The second-order valence-corrected chi connectivity index (χ2v) is 3.27. The minimum atomic E-state index is 1.21. The first-order valence-electron chi connectivity index (χ1n) is 4.93. The molecule has 0 aliphatic carbocycles. The lowest BCUT2D eigenvalue weighted by Gasteiger charge is -2.05. The van der Waals surface area contributed by atoms with Crippen molar-refractivity contribution in [2.24, 2.45) is 0 Å². The van der Waals surface area contributed by atoms with Crippen molar-refractivity contribution < 1.29 is 0 Å². The van der Waals surface area contributed by atoms with E-state index < -0.39 is 0 Å². The molecule has 0 aromatic heterocycles. The SMILES string of the molecule is C=C/C=C(\C=C/C)C(/C=C\C)=C(C)C. The van der Waals surface area contributed by atoms with E-state index in [0.29, 0.717) is 0 Å². The van der Waals surface area contributed by atoms with Crippen LogP contribution in [0.3, 0.4) is 0 Å². The zero-order valence-electron chi connectivity index (χ0n) is 9.67. The van der Waals surface area contributed by atoms with Crippen molar-refractivity contribution >= 4 is 0 Å². The fourth-order valence-electron chi connectivity index (χ4n) is 1.26. The first-order chi connectivity index (χ1) is 6.67. The van der Waals surface area contributed by atoms with Gasteiger partial charge < -0.3 is 0 Å². The van der Waals surface area contributed by atoms with Crippen molar-refractivity contribution in [3.8, 4) is 0 Å². The maximum atomic E-state index is 3.73. The summed E-state index contributed by atoms with van der Waals surface area (Å²) in [5.41, 5.74) is 3.79. The Labute approximate surface area is 88.0 Å². The van der Waals surface area contributed by atoms with Gasteiger partial charge in [-0.1, -0.05) is 48.6 Å². The minimum Gasteiger partial charge on any atom is -0.0990 e. The van der Waals surface area contributed by atoms with Crippen LogP contribution in [-0.4, -0.2) is 0 Å². The van der Waals surface area contributed by atoms with Crippen LogP contribution in [0.1, 0.15) is 27.7 Å². The fraction of sp³-hybridized carbons (Fsp3) is 0.286. The molecule has 0 unspecified atom stereocenters. The topological polar surface area (TPSA) is 0 Å². The standard InChI is InChI=1S/C14H20/c1-6-9-13(10-7-2)14(11-8-3)12(4)5/h6-11H,1H2,2-5H3/b10-7-,11-8-,13-9+. The van der Waals surface area contributed by atoms with Crippen LogP contribution < -0.4 is 0 Å². The third-order valence-corrected chi connectivity index (χ3v) is 1.83. The second kappa shape index (κ2) is 7.14. The average molecular weight is 188 g/mol. The lowest BCUT2D eigenvalue weighted by atomic mass is 10.00. The van der Waals surface area contributed by atoms with Crippen molar-refractivity contribution in [1.82, 2.24) is 0 Å². The molecule has 0 aromatic rings.